The van der Waals surface area contributed by atoms with E-state index in [9.17, 15) is 0 Å². The van der Waals surface area contributed by atoms with E-state index in [1.807, 2.05) is 0 Å². The third kappa shape index (κ3) is 15.8. The van der Waals surface area contributed by atoms with Crippen molar-refractivity contribution in [1.29, 1.82) is 0 Å². The highest BCUT2D eigenvalue weighted by atomic mass is 14.5. The first-order valence-electron chi connectivity index (χ1n) is 22.4. The third-order valence-electron chi connectivity index (χ3n) is 15.0. The maximum Gasteiger partial charge on any atom is -0.0326 e. The fourth-order valence-corrected chi connectivity index (χ4v) is 10.4. The summed E-state index contributed by atoms with van der Waals surface area (Å²) in [6, 6.07) is 0. The molecule has 11 unspecified atom stereocenters. The van der Waals surface area contributed by atoms with E-state index in [4.69, 9.17) is 0 Å². The maximum atomic E-state index is 2.69. The minimum Gasteiger partial charge on any atom is -0.0654 e. The average molecular weight is 657 g/mol. The van der Waals surface area contributed by atoms with E-state index in [1.165, 1.54) is 154 Å². The highest BCUT2D eigenvalue weighted by Crippen LogP contribution is 2.53. The van der Waals surface area contributed by atoms with Crippen molar-refractivity contribution in [3.63, 3.8) is 0 Å². The zero-order valence-electron chi connectivity index (χ0n) is 34.9. The summed E-state index contributed by atoms with van der Waals surface area (Å²) < 4.78 is 0. The molecule has 0 N–H and O–H groups in total. The molecule has 0 aromatic heterocycles. The predicted molar refractivity (Wildman–Crippen MR) is 214 cm³/mol. The predicted octanol–water partition coefficient (Wildman–Crippen LogP) is 16.5. The zero-order valence-corrected chi connectivity index (χ0v) is 34.9. The fraction of sp³-hybridized carbons (Fsp3) is 1.00. The Balaban J connectivity index is 1.75. The van der Waals surface area contributed by atoms with E-state index >= 15 is 0 Å². The van der Waals surface area contributed by atoms with Crippen LogP contribution in [0.2, 0.25) is 0 Å². The summed E-state index contributed by atoms with van der Waals surface area (Å²) >= 11 is 0. The van der Waals surface area contributed by atoms with Crippen molar-refractivity contribution in [3.05, 3.63) is 0 Å². The van der Waals surface area contributed by atoms with Gasteiger partial charge < -0.3 is 0 Å². The van der Waals surface area contributed by atoms with E-state index in [2.05, 4.69) is 76.2 Å². The Hall–Kier alpha value is 0. The molecule has 0 bridgehead atoms. The Labute approximate surface area is 300 Å². The topological polar surface area (TPSA) is 0 Å². The van der Waals surface area contributed by atoms with E-state index in [0.717, 1.165) is 53.3 Å². The van der Waals surface area contributed by atoms with Gasteiger partial charge in [0.1, 0.15) is 0 Å². The first kappa shape index (κ1) is 43.2. The minimum absolute atomic E-state index is 0.578. The summed E-state index contributed by atoms with van der Waals surface area (Å²) in [5.74, 6) is 8.85. The molecule has 11 atom stereocenters. The highest BCUT2D eigenvalue weighted by Gasteiger charge is 2.44. The van der Waals surface area contributed by atoms with Gasteiger partial charge in [0.2, 0.25) is 0 Å². The van der Waals surface area contributed by atoms with Crippen LogP contribution in [-0.4, -0.2) is 0 Å². The van der Waals surface area contributed by atoms with Crippen LogP contribution in [0.3, 0.4) is 0 Å². The number of rotatable bonds is 30. The van der Waals surface area contributed by atoms with Crippen molar-refractivity contribution in [2.75, 3.05) is 0 Å². The average Bonchev–Trinajstić information content (AvgIpc) is 3.84. The second-order valence-electron chi connectivity index (χ2n) is 19.3. The fourth-order valence-electron chi connectivity index (χ4n) is 10.4. The summed E-state index contributed by atoms with van der Waals surface area (Å²) in [6.07, 6.45) is 36.4. The first-order valence-corrected chi connectivity index (χ1v) is 22.4. The van der Waals surface area contributed by atoms with Gasteiger partial charge in [0, 0.05) is 0 Å². The Kier molecular flexibility index (Phi) is 20.9. The van der Waals surface area contributed by atoms with Gasteiger partial charge in [-0.15, -0.1) is 0 Å². The number of hydrogen-bond acceptors (Lipinski definition) is 0. The van der Waals surface area contributed by atoms with Crippen molar-refractivity contribution >= 4 is 0 Å². The molecule has 2 rings (SSSR count). The molecule has 0 spiro atoms. The van der Waals surface area contributed by atoms with Crippen molar-refractivity contribution < 1.29 is 0 Å². The van der Waals surface area contributed by atoms with Crippen LogP contribution in [0.4, 0.5) is 0 Å². The maximum absolute atomic E-state index is 2.69. The lowest BCUT2D eigenvalue weighted by Crippen LogP contribution is -2.33. The first-order chi connectivity index (χ1) is 22.4. The van der Waals surface area contributed by atoms with E-state index in [1.54, 1.807) is 6.42 Å². The van der Waals surface area contributed by atoms with Crippen LogP contribution >= 0.6 is 0 Å². The molecule has 0 amide bonds. The summed E-state index contributed by atoms with van der Waals surface area (Å²) in [5.41, 5.74) is 1.16. The summed E-state index contributed by atoms with van der Waals surface area (Å²) in [7, 11) is 0. The molecule has 280 valence electrons. The van der Waals surface area contributed by atoms with Gasteiger partial charge in [-0.3, -0.25) is 0 Å². The monoisotopic (exact) mass is 657 g/mol. The molecular weight excluding hydrogens is 565 g/mol. The Morgan fingerprint density at radius 1 is 0.574 bits per heavy atom. The molecule has 2 fully saturated rings. The lowest BCUT2D eigenvalue weighted by atomic mass is 9.61. The van der Waals surface area contributed by atoms with Crippen LogP contribution < -0.4 is 0 Å². The third-order valence-corrected chi connectivity index (χ3v) is 15.0. The second-order valence-corrected chi connectivity index (χ2v) is 19.3. The molecule has 2 saturated carbocycles. The Bertz CT molecular complexity index is 768. The van der Waals surface area contributed by atoms with Crippen LogP contribution in [0.25, 0.3) is 0 Å². The SMILES string of the molecule is CCCCC(C)C(C)CC(C)CCCC(C)(CCCC)CCC1CCC1CC(C)(CC)CCCCC(CC)C1CC1C(C)CCCC. The largest absolute Gasteiger partial charge is 0.0654 e. The highest BCUT2D eigenvalue weighted by molar-refractivity contribution is 4.94. The van der Waals surface area contributed by atoms with Crippen molar-refractivity contribution in [2.45, 2.75) is 237 Å². The van der Waals surface area contributed by atoms with Crippen LogP contribution in [0.1, 0.15) is 237 Å². The number of unbranched alkanes of at least 4 members (excludes halogenated alkanes) is 4. The molecule has 2 aliphatic carbocycles. The lowest BCUT2D eigenvalue weighted by molar-refractivity contribution is 0.0706. The van der Waals surface area contributed by atoms with Gasteiger partial charge in [-0.25, -0.2) is 0 Å². The van der Waals surface area contributed by atoms with Gasteiger partial charge in [0.15, 0.2) is 0 Å². The Morgan fingerprint density at radius 3 is 1.83 bits per heavy atom. The van der Waals surface area contributed by atoms with Gasteiger partial charge in [0.25, 0.3) is 0 Å². The molecule has 0 nitrogen and oxygen atoms in total. The van der Waals surface area contributed by atoms with Crippen molar-refractivity contribution in [1.82, 2.24) is 0 Å². The van der Waals surface area contributed by atoms with Crippen molar-refractivity contribution in [3.8, 4) is 0 Å². The summed E-state index contributed by atoms with van der Waals surface area (Å²) in [5, 5.41) is 0. The molecular formula is C47H92. The van der Waals surface area contributed by atoms with Crippen LogP contribution in [0.5, 0.6) is 0 Å². The number of hydrogen-bond donors (Lipinski definition) is 0. The molecule has 0 radical (unpaired) electrons. The van der Waals surface area contributed by atoms with Crippen LogP contribution in [0.15, 0.2) is 0 Å². The molecule has 0 saturated heterocycles. The van der Waals surface area contributed by atoms with E-state index in [0.29, 0.717) is 10.8 Å². The smallest absolute Gasteiger partial charge is 0.0326 e. The molecule has 0 aromatic rings. The molecule has 2 aliphatic rings. The lowest BCUT2D eigenvalue weighted by Gasteiger charge is -2.44. The molecule has 0 heterocycles. The van der Waals surface area contributed by atoms with Gasteiger partial charge in [-0.05, 0) is 128 Å². The van der Waals surface area contributed by atoms with Gasteiger partial charge >= 0.3 is 0 Å². The summed E-state index contributed by atoms with van der Waals surface area (Å²) in [6.45, 7) is 27.6. The van der Waals surface area contributed by atoms with Gasteiger partial charge in [-0.2, -0.15) is 0 Å². The van der Waals surface area contributed by atoms with Gasteiger partial charge in [0.05, 0.1) is 0 Å². The second kappa shape index (κ2) is 22.7. The minimum atomic E-state index is 0.578. The molecule has 0 heteroatoms. The van der Waals surface area contributed by atoms with Crippen LogP contribution in [-0.2, 0) is 0 Å². The Morgan fingerprint density at radius 2 is 1.21 bits per heavy atom. The normalized spacial score (nSPS) is 26.9. The van der Waals surface area contributed by atoms with Crippen molar-refractivity contribution in [2.24, 2.45) is 64.1 Å². The molecule has 0 aromatic carbocycles. The summed E-state index contributed by atoms with van der Waals surface area (Å²) in [4.78, 5) is 0. The molecule has 47 heavy (non-hydrogen) atoms. The van der Waals surface area contributed by atoms with E-state index < -0.39 is 0 Å². The van der Waals surface area contributed by atoms with Crippen LogP contribution in [0, 0.1) is 64.1 Å². The molecule has 0 aliphatic heterocycles. The quantitative estimate of drug-likeness (QED) is 0.0675. The zero-order chi connectivity index (χ0) is 34.9. The standard InChI is InChI=1S/C47H92/c1-12-17-24-38(7)40(9)34-37(6)23-22-32-47(11,30-19-14-3)33-29-42-27-28-43(42)36-46(10,16-5)31-21-20-26-41(15-4)45-35-44(45)39(8)25-18-13-2/h37-45H,12-36H2,1-11H3. The van der Waals surface area contributed by atoms with E-state index in [-0.39, 0.29) is 0 Å². The van der Waals surface area contributed by atoms with Gasteiger partial charge in [-0.1, -0.05) is 172 Å².